The molecule has 0 spiro atoms. The molecule has 17 heavy (non-hydrogen) atoms. The largest absolute Gasteiger partial charge is 0.336 e. The molecule has 1 amide bonds. The Bertz CT molecular complexity index is 423. The quantitative estimate of drug-likeness (QED) is 0.847. The van der Waals surface area contributed by atoms with Crippen molar-refractivity contribution < 1.29 is 4.79 Å². The molecule has 6 heteroatoms. The van der Waals surface area contributed by atoms with Crippen molar-refractivity contribution in [1.82, 2.24) is 20.0 Å². The van der Waals surface area contributed by atoms with Gasteiger partial charge in [-0.2, -0.15) is 5.10 Å². The molecular formula is C11H17ClN4O. The molecule has 2 heterocycles. The minimum Gasteiger partial charge on any atom is -0.336 e. The normalized spacial score (nSPS) is 16.3. The lowest BCUT2D eigenvalue weighted by Gasteiger charge is -2.27. The average molecular weight is 257 g/mol. The van der Waals surface area contributed by atoms with Crippen LogP contribution in [0.25, 0.3) is 0 Å². The molecule has 1 fully saturated rings. The molecule has 94 valence electrons. The van der Waals surface area contributed by atoms with Crippen LogP contribution in [0.15, 0.2) is 0 Å². The highest BCUT2D eigenvalue weighted by atomic mass is 35.5. The fourth-order valence-corrected chi connectivity index (χ4v) is 2.27. The standard InChI is InChI=1S/C11H17ClN4O/c1-3-8-9(10(12)15(2)14-8)11(17)16-6-4-13-5-7-16/h13H,3-7H2,1-2H3. The number of aryl methyl sites for hydroxylation is 2. The SMILES string of the molecule is CCc1nn(C)c(Cl)c1C(=O)N1CCNCC1. The predicted octanol–water partition coefficient (Wildman–Crippen LogP) is 0.681. The molecule has 0 atom stereocenters. The van der Waals surface area contributed by atoms with Gasteiger partial charge in [0.25, 0.3) is 5.91 Å². The molecule has 0 radical (unpaired) electrons. The minimum atomic E-state index is 0.00134. The Balaban J connectivity index is 2.29. The first-order valence-corrected chi connectivity index (χ1v) is 6.24. The maximum Gasteiger partial charge on any atom is 0.258 e. The number of amides is 1. The van der Waals surface area contributed by atoms with E-state index in [-0.39, 0.29) is 5.91 Å². The highest BCUT2D eigenvalue weighted by Gasteiger charge is 2.25. The summed E-state index contributed by atoms with van der Waals surface area (Å²) in [6, 6.07) is 0. The van der Waals surface area contributed by atoms with Crippen LogP contribution in [0.1, 0.15) is 23.0 Å². The molecular weight excluding hydrogens is 240 g/mol. The Labute approximate surface area is 106 Å². The number of rotatable bonds is 2. The zero-order valence-electron chi connectivity index (χ0n) is 10.2. The molecule has 1 aliphatic heterocycles. The highest BCUT2D eigenvalue weighted by molar-refractivity contribution is 6.33. The second-order valence-corrected chi connectivity index (χ2v) is 4.49. The number of nitrogens with one attached hydrogen (secondary N) is 1. The van der Waals surface area contributed by atoms with Gasteiger partial charge in [0.05, 0.1) is 11.3 Å². The van der Waals surface area contributed by atoms with Crippen LogP contribution in [0.5, 0.6) is 0 Å². The highest BCUT2D eigenvalue weighted by Crippen LogP contribution is 2.21. The van der Waals surface area contributed by atoms with E-state index in [0.29, 0.717) is 17.1 Å². The van der Waals surface area contributed by atoms with E-state index < -0.39 is 0 Å². The van der Waals surface area contributed by atoms with E-state index in [0.717, 1.165) is 31.9 Å². The van der Waals surface area contributed by atoms with Crippen LogP contribution in [0.2, 0.25) is 5.15 Å². The van der Waals surface area contributed by atoms with E-state index in [1.165, 1.54) is 0 Å². The zero-order chi connectivity index (χ0) is 12.4. The maximum absolute atomic E-state index is 12.4. The van der Waals surface area contributed by atoms with Crippen LogP contribution in [-0.2, 0) is 13.5 Å². The van der Waals surface area contributed by atoms with Crippen LogP contribution in [0, 0.1) is 0 Å². The van der Waals surface area contributed by atoms with E-state index in [4.69, 9.17) is 11.6 Å². The summed E-state index contributed by atoms with van der Waals surface area (Å²) in [6.45, 7) is 5.11. The third-order valence-corrected chi connectivity index (χ3v) is 3.44. The lowest BCUT2D eigenvalue weighted by molar-refractivity contribution is 0.0735. The first-order valence-electron chi connectivity index (χ1n) is 5.86. The number of carbonyl (C=O) groups excluding carboxylic acids is 1. The van der Waals surface area contributed by atoms with Crippen LogP contribution >= 0.6 is 11.6 Å². The summed E-state index contributed by atoms with van der Waals surface area (Å²) in [5, 5.41) is 7.92. The fourth-order valence-electron chi connectivity index (χ4n) is 2.04. The van der Waals surface area contributed by atoms with Crippen molar-refractivity contribution in [2.45, 2.75) is 13.3 Å². The van der Waals surface area contributed by atoms with Gasteiger partial charge in [0.15, 0.2) is 0 Å². The molecule has 1 aliphatic rings. The maximum atomic E-state index is 12.4. The van der Waals surface area contributed by atoms with Crippen molar-refractivity contribution >= 4 is 17.5 Å². The number of nitrogens with zero attached hydrogens (tertiary/aromatic N) is 3. The summed E-state index contributed by atoms with van der Waals surface area (Å²) in [4.78, 5) is 14.2. The molecule has 1 N–H and O–H groups in total. The van der Waals surface area contributed by atoms with Gasteiger partial charge in [0.2, 0.25) is 0 Å². The van der Waals surface area contributed by atoms with Crippen molar-refractivity contribution in [2.75, 3.05) is 26.2 Å². The van der Waals surface area contributed by atoms with E-state index in [9.17, 15) is 4.79 Å². The summed E-state index contributed by atoms with van der Waals surface area (Å²) in [5.74, 6) is 0.00134. The monoisotopic (exact) mass is 256 g/mol. The van der Waals surface area contributed by atoms with Gasteiger partial charge in [0.1, 0.15) is 5.15 Å². The van der Waals surface area contributed by atoms with Crippen molar-refractivity contribution in [3.63, 3.8) is 0 Å². The smallest absolute Gasteiger partial charge is 0.258 e. The van der Waals surface area contributed by atoms with E-state index in [2.05, 4.69) is 10.4 Å². The van der Waals surface area contributed by atoms with Gasteiger partial charge in [-0.1, -0.05) is 18.5 Å². The number of hydrogen-bond acceptors (Lipinski definition) is 3. The molecule has 1 saturated heterocycles. The number of hydrogen-bond donors (Lipinski definition) is 1. The van der Waals surface area contributed by atoms with Gasteiger partial charge < -0.3 is 10.2 Å². The summed E-state index contributed by atoms with van der Waals surface area (Å²) in [7, 11) is 1.76. The van der Waals surface area contributed by atoms with Gasteiger partial charge in [0, 0.05) is 33.2 Å². The summed E-state index contributed by atoms with van der Waals surface area (Å²) in [5.41, 5.74) is 1.35. The fraction of sp³-hybridized carbons (Fsp3) is 0.636. The van der Waals surface area contributed by atoms with E-state index in [1.54, 1.807) is 11.7 Å². The van der Waals surface area contributed by atoms with Crippen LogP contribution in [0.4, 0.5) is 0 Å². The first kappa shape index (κ1) is 12.4. The minimum absolute atomic E-state index is 0.00134. The second kappa shape index (κ2) is 5.06. The summed E-state index contributed by atoms with van der Waals surface area (Å²) >= 11 is 6.14. The Hall–Kier alpha value is -1.07. The average Bonchev–Trinajstić information content (AvgIpc) is 2.65. The Morgan fingerprint density at radius 2 is 2.12 bits per heavy atom. The third-order valence-electron chi connectivity index (χ3n) is 3.00. The van der Waals surface area contributed by atoms with E-state index >= 15 is 0 Å². The molecule has 1 aromatic rings. The van der Waals surface area contributed by atoms with Gasteiger partial charge in [-0.3, -0.25) is 9.48 Å². The van der Waals surface area contributed by atoms with Crippen molar-refractivity contribution in [1.29, 1.82) is 0 Å². The molecule has 0 bridgehead atoms. The Morgan fingerprint density at radius 3 is 2.71 bits per heavy atom. The Kier molecular flexibility index (Phi) is 3.69. The molecule has 0 aromatic carbocycles. The molecule has 0 saturated carbocycles. The second-order valence-electron chi connectivity index (χ2n) is 4.13. The van der Waals surface area contributed by atoms with Crippen molar-refractivity contribution in [3.05, 3.63) is 16.4 Å². The lowest BCUT2D eigenvalue weighted by atomic mass is 10.1. The number of aromatic nitrogens is 2. The van der Waals surface area contributed by atoms with Gasteiger partial charge in [-0.15, -0.1) is 0 Å². The van der Waals surface area contributed by atoms with E-state index in [1.807, 2.05) is 11.8 Å². The zero-order valence-corrected chi connectivity index (χ0v) is 10.9. The molecule has 0 unspecified atom stereocenters. The van der Waals surface area contributed by atoms with Gasteiger partial charge in [-0.25, -0.2) is 0 Å². The van der Waals surface area contributed by atoms with Crippen molar-refractivity contribution in [2.24, 2.45) is 7.05 Å². The van der Waals surface area contributed by atoms with Crippen LogP contribution in [0.3, 0.4) is 0 Å². The van der Waals surface area contributed by atoms with Crippen LogP contribution < -0.4 is 5.32 Å². The Morgan fingerprint density at radius 1 is 1.47 bits per heavy atom. The summed E-state index contributed by atoms with van der Waals surface area (Å²) in [6.07, 6.45) is 0.716. The number of piperazine rings is 1. The third kappa shape index (κ3) is 2.30. The lowest BCUT2D eigenvalue weighted by Crippen LogP contribution is -2.46. The molecule has 5 nitrogen and oxygen atoms in total. The molecule has 1 aromatic heterocycles. The molecule has 0 aliphatic carbocycles. The van der Waals surface area contributed by atoms with Gasteiger partial charge in [-0.05, 0) is 6.42 Å². The topological polar surface area (TPSA) is 50.2 Å². The number of halogens is 1. The number of carbonyl (C=O) groups is 1. The van der Waals surface area contributed by atoms with Gasteiger partial charge >= 0.3 is 0 Å². The predicted molar refractivity (Wildman–Crippen MR) is 66.4 cm³/mol. The summed E-state index contributed by atoms with van der Waals surface area (Å²) < 4.78 is 1.57. The molecule has 2 rings (SSSR count). The van der Waals surface area contributed by atoms with Crippen molar-refractivity contribution in [3.8, 4) is 0 Å². The first-order chi connectivity index (χ1) is 8.15. The van der Waals surface area contributed by atoms with Crippen LogP contribution in [-0.4, -0.2) is 46.8 Å².